The van der Waals surface area contributed by atoms with Crippen molar-refractivity contribution in [1.82, 2.24) is 20.2 Å². The van der Waals surface area contributed by atoms with E-state index in [1.165, 1.54) is 0 Å². The zero-order valence-electron chi connectivity index (χ0n) is 14.6. The molecule has 0 radical (unpaired) electrons. The van der Waals surface area contributed by atoms with Crippen LogP contribution in [0.25, 0.3) is 10.2 Å². The van der Waals surface area contributed by atoms with Crippen molar-refractivity contribution < 1.29 is 17.9 Å². The maximum atomic E-state index is 12.5. The van der Waals surface area contributed by atoms with Crippen LogP contribution in [0.3, 0.4) is 0 Å². The number of rotatable bonds is 5. The zero-order valence-corrected chi connectivity index (χ0v) is 17.1. The van der Waals surface area contributed by atoms with Gasteiger partial charge >= 0.3 is 4.87 Å². The number of thiazole rings is 2. The van der Waals surface area contributed by atoms with Gasteiger partial charge in [-0.2, -0.15) is 5.26 Å². The fourth-order valence-corrected chi connectivity index (χ4v) is 5.89. The smallest absolute Gasteiger partial charge is 0.307 e. The van der Waals surface area contributed by atoms with Gasteiger partial charge in [-0.05, 0) is 18.2 Å². The molecule has 0 aliphatic heterocycles. The summed E-state index contributed by atoms with van der Waals surface area (Å²) in [6.07, 6.45) is 1.02. The van der Waals surface area contributed by atoms with Crippen LogP contribution in [0.2, 0.25) is 0 Å². The van der Waals surface area contributed by atoms with Crippen LogP contribution in [0.5, 0.6) is 5.88 Å². The molecule has 2 N–H and O–H groups in total. The van der Waals surface area contributed by atoms with E-state index in [1.54, 1.807) is 18.2 Å². The summed E-state index contributed by atoms with van der Waals surface area (Å²) >= 11 is 1.91. The second kappa shape index (κ2) is 7.07. The van der Waals surface area contributed by atoms with E-state index in [0.717, 1.165) is 28.9 Å². The van der Waals surface area contributed by atoms with Gasteiger partial charge in [0.2, 0.25) is 17.7 Å². The van der Waals surface area contributed by atoms with Crippen LogP contribution in [0, 0.1) is 11.3 Å². The normalized spacial score (nSPS) is 12.8. The van der Waals surface area contributed by atoms with E-state index in [4.69, 9.17) is 9.68 Å². The number of H-pyrrole nitrogens is 1. The van der Waals surface area contributed by atoms with E-state index < -0.39 is 20.0 Å². The van der Waals surface area contributed by atoms with E-state index in [9.17, 15) is 18.3 Å². The minimum absolute atomic E-state index is 0.0237. The Morgan fingerprint density at radius 3 is 2.79 bits per heavy atom. The summed E-state index contributed by atoms with van der Waals surface area (Å²) in [5.74, 6) is -0.407. The topological polar surface area (TPSA) is 163 Å². The minimum Gasteiger partial charge on any atom is -0.494 e. The van der Waals surface area contributed by atoms with Gasteiger partial charge in [-0.3, -0.25) is 9.78 Å². The first-order chi connectivity index (χ1) is 13.7. The fourth-order valence-electron chi connectivity index (χ4n) is 2.65. The van der Waals surface area contributed by atoms with Crippen LogP contribution in [-0.4, -0.2) is 39.9 Å². The Hall–Kier alpha value is -3.08. The largest absolute Gasteiger partial charge is 0.494 e. The number of fused-ring (bicyclic) bond motifs is 1. The molecule has 0 bridgehead atoms. The molecule has 0 aliphatic rings. The third-order valence-corrected chi connectivity index (χ3v) is 7.29. The lowest BCUT2D eigenvalue weighted by Crippen LogP contribution is -2.13. The highest BCUT2D eigenvalue weighted by Crippen LogP contribution is 2.35. The van der Waals surface area contributed by atoms with Gasteiger partial charge in [-0.25, -0.2) is 13.4 Å². The number of nitrogens with one attached hydrogen (secondary N) is 1. The summed E-state index contributed by atoms with van der Waals surface area (Å²) in [7, 11) is -3.71. The van der Waals surface area contributed by atoms with Crippen LogP contribution < -0.4 is 4.87 Å². The molecular formula is C16H11N5O5S3. The second-order valence-corrected chi connectivity index (χ2v) is 10.3. The van der Waals surface area contributed by atoms with Crippen molar-refractivity contribution in [2.75, 3.05) is 6.26 Å². The van der Waals surface area contributed by atoms with Crippen molar-refractivity contribution in [1.29, 1.82) is 5.26 Å². The average molecular weight is 449 g/mol. The summed E-state index contributed by atoms with van der Waals surface area (Å²) in [5, 5.41) is 25.4. The van der Waals surface area contributed by atoms with Crippen LogP contribution >= 0.6 is 22.7 Å². The molecule has 4 rings (SSSR count). The number of aromatic nitrogens is 4. The van der Waals surface area contributed by atoms with Gasteiger partial charge in [0.05, 0.1) is 33.1 Å². The predicted octanol–water partition coefficient (Wildman–Crippen LogP) is 1.73. The first kappa shape index (κ1) is 19.2. The van der Waals surface area contributed by atoms with Gasteiger partial charge in [-0.15, -0.1) is 21.5 Å². The van der Waals surface area contributed by atoms with Crippen molar-refractivity contribution in [2.45, 2.75) is 11.7 Å². The van der Waals surface area contributed by atoms with Crippen molar-refractivity contribution in [3.05, 3.63) is 55.1 Å². The van der Waals surface area contributed by atoms with E-state index in [-0.39, 0.29) is 29.1 Å². The molecular weight excluding hydrogens is 438 g/mol. The van der Waals surface area contributed by atoms with Crippen molar-refractivity contribution in [3.63, 3.8) is 0 Å². The van der Waals surface area contributed by atoms with Crippen molar-refractivity contribution >= 4 is 42.7 Å². The van der Waals surface area contributed by atoms with Gasteiger partial charge in [0.25, 0.3) is 0 Å². The molecule has 0 spiro atoms. The summed E-state index contributed by atoms with van der Waals surface area (Å²) in [4.78, 5) is 17.7. The molecule has 0 saturated heterocycles. The summed E-state index contributed by atoms with van der Waals surface area (Å²) in [6.45, 7) is 0. The first-order valence-corrected chi connectivity index (χ1v) is 11.6. The van der Waals surface area contributed by atoms with Gasteiger partial charge in [0, 0.05) is 6.26 Å². The molecule has 1 unspecified atom stereocenters. The quantitative estimate of drug-likeness (QED) is 0.462. The number of sulfone groups is 1. The molecule has 29 heavy (non-hydrogen) atoms. The fraction of sp³-hybridized carbons (Fsp3) is 0.188. The minimum atomic E-state index is -3.71. The summed E-state index contributed by atoms with van der Waals surface area (Å²) in [6, 6.07) is 6.90. The molecule has 148 valence electrons. The van der Waals surface area contributed by atoms with Gasteiger partial charge in [0.15, 0.2) is 15.1 Å². The predicted molar refractivity (Wildman–Crippen MR) is 105 cm³/mol. The van der Waals surface area contributed by atoms with Crippen LogP contribution in [0.15, 0.2) is 27.4 Å². The third kappa shape index (κ3) is 3.77. The Morgan fingerprint density at radius 1 is 1.34 bits per heavy atom. The number of hydrogen-bond donors (Lipinski definition) is 2. The van der Waals surface area contributed by atoms with Crippen molar-refractivity contribution in [3.8, 4) is 11.9 Å². The van der Waals surface area contributed by atoms with Crippen LogP contribution in [0.4, 0.5) is 0 Å². The highest BCUT2D eigenvalue weighted by atomic mass is 32.2. The third-order valence-electron chi connectivity index (χ3n) is 3.91. The number of hydrogen-bond acceptors (Lipinski definition) is 11. The Morgan fingerprint density at radius 2 is 2.14 bits per heavy atom. The van der Waals surface area contributed by atoms with Gasteiger partial charge in [-0.1, -0.05) is 11.3 Å². The van der Waals surface area contributed by atoms with E-state index in [0.29, 0.717) is 20.7 Å². The molecule has 4 aromatic rings. The van der Waals surface area contributed by atoms with Gasteiger partial charge in [0.1, 0.15) is 5.01 Å². The monoisotopic (exact) mass is 449 g/mol. The lowest BCUT2D eigenvalue weighted by Gasteiger charge is -2.07. The molecule has 1 aromatic carbocycles. The molecule has 3 aromatic heterocycles. The summed E-state index contributed by atoms with van der Waals surface area (Å²) < 4.78 is 31.1. The molecule has 0 saturated carbocycles. The SMILES string of the molecule is CS(=O)(=O)C(c1nnc(Cc2sc(=O)[nH]c2O)o1)c1nc2ccc(C#N)cc2s1. The van der Waals surface area contributed by atoms with E-state index >= 15 is 0 Å². The Bertz CT molecular complexity index is 1420. The Balaban J connectivity index is 1.73. The number of benzene rings is 1. The number of aromatic hydroxyl groups is 1. The highest BCUT2D eigenvalue weighted by molar-refractivity contribution is 7.91. The standard InChI is InChI=1S/C16H11N5O5S3/c1-29(24,25)12(15-18-8-3-2-7(6-17)4-9(8)27-15)14-21-20-11(26-14)5-10-13(22)19-16(23)28-10/h2-4,12,22H,5H2,1H3,(H,19,23). The zero-order chi connectivity index (χ0) is 20.8. The van der Waals surface area contributed by atoms with Crippen LogP contribution in [0.1, 0.15) is 32.5 Å². The van der Waals surface area contributed by atoms with Gasteiger partial charge < -0.3 is 9.52 Å². The number of nitriles is 1. The average Bonchev–Trinajstić information content (AvgIpc) is 3.33. The molecule has 0 aliphatic carbocycles. The Kier molecular flexibility index (Phi) is 4.69. The van der Waals surface area contributed by atoms with Crippen molar-refractivity contribution in [2.24, 2.45) is 0 Å². The maximum Gasteiger partial charge on any atom is 0.307 e. The molecule has 13 heteroatoms. The first-order valence-electron chi connectivity index (χ1n) is 7.97. The molecule has 0 amide bonds. The maximum absolute atomic E-state index is 12.5. The Labute approximate surface area is 171 Å². The molecule has 10 nitrogen and oxygen atoms in total. The summed E-state index contributed by atoms with van der Waals surface area (Å²) in [5.41, 5.74) is 0.994. The molecule has 0 fully saturated rings. The van der Waals surface area contributed by atoms with E-state index in [2.05, 4.69) is 20.2 Å². The molecule has 3 heterocycles. The number of nitrogens with zero attached hydrogens (tertiary/aromatic N) is 4. The van der Waals surface area contributed by atoms with Crippen LogP contribution in [-0.2, 0) is 16.3 Å². The van der Waals surface area contributed by atoms with E-state index in [1.807, 2.05) is 6.07 Å². The molecule has 1 atom stereocenters. The second-order valence-electron chi connectivity index (χ2n) is 6.05. The lowest BCUT2D eigenvalue weighted by molar-refractivity contribution is 0.438. The highest BCUT2D eigenvalue weighted by Gasteiger charge is 2.34. The lowest BCUT2D eigenvalue weighted by atomic mass is 10.2. The number of aromatic amines is 1.